The molecule has 1 rings (SSSR count). The van der Waals surface area contributed by atoms with Gasteiger partial charge in [-0.1, -0.05) is 0 Å². The molecule has 0 aromatic carbocycles. The molecule has 14 heavy (non-hydrogen) atoms. The van der Waals surface area contributed by atoms with Gasteiger partial charge >= 0.3 is 0 Å². The molecule has 5 nitrogen and oxygen atoms in total. The van der Waals surface area contributed by atoms with Gasteiger partial charge in [-0.2, -0.15) is 5.26 Å². The summed E-state index contributed by atoms with van der Waals surface area (Å²) in [5.74, 6) is 0. The molecule has 1 aromatic rings. The zero-order valence-electron chi connectivity index (χ0n) is 7.51. The highest BCUT2D eigenvalue weighted by atomic mass is 32.2. The molecule has 0 radical (unpaired) electrons. The van der Waals surface area contributed by atoms with Gasteiger partial charge in [-0.3, -0.25) is 0 Å². The van der Waals surface area contributed by atoms with Gasteiger partial charge in [-0.15, -0.1) is 0 Å². The molecule has 0 spiro atoms. The second kappa shape index (κ2) is 3.64. The number of aromatic nitrogens is 1. The van der Waals surface area contributed by atoms with Crippen molar-refractivity contribution in [2.75, 3.05) is 5.73 Å². The average Bonchev–Trinajstić information content (AvgIpc) is 2.17. The third-order valence-electron chi connectivity index (χ3n) is 1.72. The number of nitrogens with two attached hydrogens (primary N) is 1. The lowest BCUT2D eigenvalue weighted by molar-refractivity contribution is 0.588. The van der Waals surface area contributed by atoms with Gasteiger partial charge in [-0.25, -0.2) is 13.4 Å². The second-order valence-electron chi connectivity index (χ2n) is 2.71. The number of nitriles is 1. The maximum absolute atomic E-state index is 11.6. The maximum Gasteiger partial charge on any atom is 0.213 e. The Bertz CT molecular complexity index is 476. The van der Waals surface area contributed by atoms with Crippen LogP contribution in [0.1, 0.15) is 6.92 Å². The fourth-order valence-corrected chi connectivity index (χ4v) is 1.96. The molecule has 0 amide bonds. The van der Waals surface area contributed by atoms with E-state index in [4.69, 9.17) is 11.0 Å². The first-order valence-electron chi connectivity index (χ1n) is 3.84. The van der Waals surface area contributed by atoms with Crippen LogP contribution in [0.25, 0.3) is 0 Å². The number of anilines is 1. The van der Waals surface area contributed by atoms with E-state index in [1.54, 1.807) is 6.07 Å². The topological polar surface area (TPSA) is 96.8 Å². The Balaban J connectivity index is 3.33. The van der Waals surface area contributed by atoms with Crippen molar-refractivity contribution in [1.29, 1.82) is 5.26 Å². The van der Waals surface area contributed by atoms with E-state index in [1.165, 1.54) is 25.3 Å². The zero-order chi connectivity index (χ0) is 10.8. The molecular formula is C8H9N3O2S. The molecule has 1 atom stereocenters. The quantitative estimate of drug-likeness (QED) is 0.761. The van der Waals surface area contributed by atoms with Crippen molar-refractivity contribution >= 4 is 15.5 Å². The third-order valence-corrected chi connectivity index (χ3v) is 3.63. The Morgan fingerprint density at radius 2 is 2.29 bits per heavy atom. The average molecular weight is 211 g/mol. The Morgan fingerprint density at radius 1 is 1.64 bits per heavy atom. The third kappa shape index (κ3) is 1.67. The second-order valence-corrected chi connectivity index (χ2v) is 4.90. The van der Waals surface area contributed by atoms with E-state index in [9.17, 15) is 8.42 Å². The van der Waals surface area contributed by atoms with Crippen LogP contribution < -0.4 is 5.73 Å². The van der Waals surface area contributed by atoms with Crippen LogP contribution in [0.3, 0.4) is 0 Å². The molecule has 74 valence electrons. The van der Waals surface area contributed by atoms with Crippen LogP contribution in [0.4, 0.5) is 5.69 Å². The van der Waals surface area contributed by atoms with E-state index in [1.807, 2.05) is 0 Å². The predicted molar refractivity (Wildman–Crippen MR) is 50.9 cm³/mol. The number of pyridine rings is 1. The van der Waals surface area contributed by atoms with Crippen LogP contribution in [-0.4, -0.2) is 18.7 Å². The smallest absolute Gasteiger partial charge is 0.213 e. The summed E-state index contributed by atoms with van der Waals surface area (Å²) in [6.45, 7) is 1.30. The number of nitrogens with zero attached hydrogens (tertiary/aromatic N) is 2. The van der Waals surface area contributed by atoms with Crippen LogP contribution in [0, 0.1) is 11.3 Å². The molecule has 0 aliphatic carbocycles. The van der Waals surface area contributed by atoms with E-state index in [-0.39, 0.29) is 10.7 Å². The molecular weight excluding hydrogens is 202 g/mol. The van der Waals surface area contributed by atoms with Crippen molar-refractivity contribution in [3.63, 3.8) is 0 Å². The summed E-state index contributed by atoms with van der Waals surface area (Å²) in [5.41, 5.74) is 5.51. The van der Waals surface area contributed by atoms with E-state index < -0.39 is 15.1 Å². The van der Waals surface area contributed by atoms with Gasteiger partial charge < -0.3 is 5.73 Å². The molecule has 0 fully saturated rings. The molecule has 0 aliphatic heterocycles. The number of hydrogen-bond acceptors (Lipinski definition) is 5. The summed E-state index contributed by atoms with van der Waals surface area (Å²) in [5, 5.41) is 7.16. The minimum Gasteiger partial charge on any atom is -0.396 e. The molecule has 2 N–H and O–H groups in total. The van der Waals surface area contributed by atoms with Crippen molar-refractivity contribution in [1.82, 2.24) is 4.98 Å². The molecule has 6 heteroatoms. The monoisotopic (exact) mass is 211 g/mol. The lowest BCUT2D eigenvalue weighted by Crippen LogP contribution is -2.18. The molecule has 0 saturated heterocycles. The van der Waals surface area contributed by atoms with Crippen LogP contribution in [-0.2, 0) is 9.84 Å². The normalized spacial score (nSPS) is 13.1. The fraction of sp³-hybridized carbons (Fsp3) is 0.250. The first-order valence-corrected chi connectivity index (χ1v) is 5.38. The number of sulfone groups is 1. The Hall–Kier alpha value is -1.61. The van der Waals surface area contributed by atoms with Gasteiger partial charge in [-0.05, 0) is 19.1 Å². The van der Waals surface area contributed by atoms with Crippen LogP contribution in [0.5, 0.6) is 0 Å². The zero-order valence-corrected chi connectivity index (χ0v) is 8.32. The van der Waals surface area contributed by atoms with E-state index in [2.05, 4.69) is 4.98 Å². The highest BCUT2D eigenvalue weighted by Crippen LogP contribution is 2.18. The van der Waals surface area contributed by atoms with E-state index >= 15 is 0 Å². The Kier molecular flexibility index (Phi) is 2.72. The molecule has 1 aromatic heterocycles. The van der Waals surface area contributed by atoms with Crippen molar-refractivity contribution in [2.45, 2.75) is 17.2 Å². The molecule has 0 aliphatic rings. The SMILES string of the molecule is CC(C#N)S(=O)(=O)c1ncccc1N. The predicted octanol–water partition coefficient (Wildman–Crippen LogP) is 0.350. The molecule has 0 bridgehead atoms. The van der Waals surface area contributed by atoms with Gasteiger partial charge in [0.2, 0.25) is 9.84 Å². The fourth-order valence-electron chi connectivity index (χ4n) is 0.878. The van der Waals surface area contributed by atoms with Gasteiger partial charge in [0.25, 0.3) is 0 Å². The van der Waals surface area contributed by atoms with E-state index in [0.717, 1.165) is 0 Å². The van der Waals surface area contributed by atoms with Crippen LogP contribution in [0.15, 0.2) is 23.4 Å². The van der Waals surface area contributed by atoms with Crippen molar-refractivity contribution in [2.24, 2.45) is 0 Å². The Morgan fingerprint density at radius 3 is 2.79 bits per heavy atom. The largest absolute Gasteiger partial charge is 0.396 e. The lowest BCUT2D eigenvalue weighted by atomic mass is 10.4. The first-order chi connectivity index (χ1) is 6.50. The lowest BCUT2D eigenvalue weighted by Gasteiger charge is -2.06. The summed E-state index contributed by atoms with van der Waals surface area (Å²) in [6.07, 6.45) is 1.33. The number of rotatable bonds is 2. The summed E-state index contributed by atoms with van der Waals surface area (Å²) in [6, 6.07) is 4.62. The molecule has 1 unspecified atom stereocenters. The van der Waals surface area contributed by atoms with Crippen LogP contribution >= 0.6 is 0 Å². The molecule has 1 heterocycles. The van der Waals surface area contributed by atoms with Crippen molar-refractivity contribution in [3.8, 4) is 6.07 Å². The standard InChI is InChI=1S/C8H9N3O2S/c1-6(5-9)14(12,13)8-7(10)3-2-4-11-8/h2-4,6H,10H2,1H3. The summed E-state index contributed by atoms with van der Waals surface area (Å²) < 4.78 is 23.2. The van der Waals surface area contributed by atoms with Gasteiger partial charge in [0, 0.05) is 6.20 Å². The minimum absolute atomic E-state index is 0.0644. The molecule has 0 saturated carbocycles. The summed E-state index contributed by atoms with van der Waals surface area (Å²) >= 11 is 0. The minimum atomic E-state index is -3.72. The highest BCUT2D eigenvalue weighted by molar-refractivity contribution is 7.92. The summed E-state index contributed by atoms with van der Waals surface area (Å²) in [7, 11) is -3.72. The maximum atomic E-state index is 11.6. The van der Waals surface area contributed by atoms with Gasteiger partial charge in [0.1, 0.15) is 0 Å². The van der Waals surface area contributed by atoms with E-state index in [0.29, 0.717) is 0 Å². The van der Waals surface area contributed by atoms with Gasteiger partial charge in [0.05, 0.1) is 11.8 Å². The Labute approximate surface area is 82.1 Å². The van der Waals surface area contributed by atoms with Crippen molar-refractivity contribution in [3.05, 3.63) is 18.3 Å². The van der Waals surface area contributed by atoms with Crippen LogP contribution in [0.2, 0.25) is 0 Å². The highest BCUT2D eigenvalue weighted by Gasteiger charge is 2.26. The first kappa shape index (κ1) is 10.5. The summed E-state index contributed by atoms with van der Waals surface area (Å²) in [4.78, 5) is 3.65. The van der Waals surface area contributed by atoms with Crippen molar-refractivity contribution < 1.29 is 8.42 Å². The number of nitrogen functional groups attached to an aromatic ring is 1. The number of hydrogen-bond donors (Lipinski definition) is 1. The van der Waals surface area contributed by atoms with Gasteiger partial charge in [0.15, 0.2) is 10.3 Å².